The number of hydrogen-bond donors (Lipinski definition) is 1. The van der Waals surface area contributed by atoms with E-state index in [1.165, 1.54) is 6.92 Å². The number of benzene rings is 1. The molecule has 0 radical (unpaired) electrons. The van der Waals surface area contributed by atoms with Gasteiger partial charge in [0.15, 0.2) is 0 Å². The van der Waals surface area contributed by atoms with Crippen LogP contribution in [0.2, 0.25) is 0 Å². The quantitative estimate of drug-likeness (QED) is 0.907. The predicted molar refractivity (Wildman–Crippen MR) is 63.7 cm³/mol. The maximum Gasteiger partial charge on any atom is 0.328 e. The highest BCUT2D eigenvalue weighted by Gasteiger charge is 2.42. The molecule has 1 saturated heterocycles. The van der Waals surface area contributed by atoms with Gasteiger partial charge in [0.1, 0.15) is 17.2 Å². The zero-order valence-electron chi connectivity index (χ0n) is 10.5. The fourth-order valence-corrected chi connectivity index (χ4v) is 2.29. The molecule has 0 saturated carbocycles. The second-order valence-electron chi connectivity index (χ2n) is 4.63. The molecule has 104 valence electrons. The Balaban J connectivity index is 2.45. The highest BCUT2D eigenvalue weighted by atomic mass is 19.1. The summed E-state index contributed by atoms with van der Waals surface area (Å²) in [5.41, 5.74) is -1.37. The topological polar surface area (TPSA) is 49.8 Å². The molecule has 1 fully saturated rings. The summed E-state index contributed by atoms with van der Waals surface area (Å²) in [5.74, 6) is -2.70. The zero-order chi connectivity index (χ0) is 14.0. The first-order valence-electron chi connectivity index (χ1n) is 5.97. The third kappa shape index (κ3) is 2.59. The van der Waals surface area contributed by atoms with E-state index in [4.69, 9.17) is 4.74 Å². The smallest absolute Gasteiger partial charge is 0.328 e. The van der Waals surface area contributed by atoms with Gasteiger partial charge in [-0.1, -0.05) is 0 Å². The molecule has 1 unspecified atom stereocenters. The van der Waals surface area contributed by atoms with Gasteiger partial charge in [-0.3, -0.25) is 4.90 Å². The average molecular weight is 271 g/mol. The van der Waals surface area contributed by atoms with Gasteiger partial charge in [-0.2, -0.15) is 0 Å². The fourth-order valence-electron chi connectivity index (χ4n) is 2.29. The Bertz CT molecular complexity index is 469. The third-order valence-corrected chi connectivity index (χ3v) is 3.48. The minimum absolute atomic E-state index is 0.0967. The molecule has 0 spiro atoms. The van der Waals surface area contributed by atoms with Crippen molar-refractivity contribution in [3.8, 4) is 0 Å². The first kappa shape index (κ1) is 13.9. The normalized spacial score (nSPS) is 19.9. The Kier molecular flexibility index (Phi) is 3.82. The van der Waals surface area contributed by atoms with Gasteiger partial charge < -0.3 is 9.84 Å². The van der Waals surface area contributed by atoms with Crippen LogP contribution >= 0.6 is 0 Å². The van der Waals surface area contributed by atoms with Gasteiger partial charge in [0.05, 0.1) is 13.2 Å². The van der Waals surface area contributed by atoms with Gasteiger partial charge in [0.2, 0.25) is 0 Å². The number of halogens is 2. The number of carbonyl (C=O) groups is 1. The number of morpholine rings is 1. The molecule has 1 aromatic carbocycles. The van der Waals surface area contributed by atoms with Crippen LogP contribution in [0.5, 0.6) is 0 Å². The van der Waals surface area contributed by atoms with Crippen LogP contribution in [0.4, 0.5) is 8.78 Å². The molecule has 19 heavy (non-hydrogen) atoms. The summed E-state index contributed by atoms with van der Waals surface area (Å²) in [5, 5.41) is 9.49. The van der Waals surface area contributed by atoms with Crippen LogP contribution in [0.25, 0.3) is 0 Å². The first-order valence-corrected chi connectivity index (χ1v) is 5.97. The van der Waals surface area contributed by atoms with Crippen molar-refractivity contribution in [1.82, 2.24) is 4.90 Å². The third-order valence-electron chi connectivity index (χ3n) is 3.48. The molecular formula is C13H15F2NO3. The summed E-state index contributed by atoms with van der Waals surface area (Å²) in [6.45, 7) is 3.07. The molecule has 1 N–H and O–H groups in total. The highest BCUT2D eigenvalue weighted by Crippen LogP contribution is 2.30. The maximum absolute atomic E-state index is 13.3. The second-order valence-corrected chi connectivity index (χ2v) is 4.63. The molecule has 1 aromatic rings. The number of hydrogen-bond acceptors (Lipinski definition) is 3. The largest absolute Gasteiger partial charge is 0.480 e. The monoisotopic (exact) mass is 271 g/mol. The summed E-state index contributed by atoms with van der Waals surface area (Å²) in [4.78, 5) is 13.3. The SMILES string of the molecule is CC(C(=O)O)(c1cc(F)cc(F)c1)N1CCOCC1. The van der Waals surface area contributed by atoms with Crippen LogP contribution in [0.3, 0.4) is 0 Å². The van der Waals surface area contributed by atoms with E-state index < -0.39 is 23.1 Å². The van der Waals surface area contributed by atoms with Crippen LogP contribution in [0.15, 0.2) is 18.2 Å². The Morgan fingerprint density at radius 2 is 1.79 bits per heavy atom. The molecule has 2 rings (SSSR count). The lowest BCUT2D eigenvalue weighted by molar-refractivity contribution is -0.154. The van der Waals surface area contributed by atoms with E-state index in [1.54, 1.807) is 4.90 Å². The van der Waals surface area contributed by atoms with Crippen LogP contribution in [0, 0.1) is 11.6 Å². The molecule has 1 atom stereocenters. The van der Waals surface area contributed by atoms with Gasteiger partial charge in [0, 0.05) is 19.2 Å². The Morgan fingerprint density at radius 1 is 1.26 bits per heavy atom. The molecule has 6 heteroatoms. The van der Waals surface area contributed by atoms with Gasteiger partial charge in [-0.25, -0.2) is 13.6 Å². The number of ether oxygens (including phenoxy) is 1. The van der Waals surface area contributed by atoms with Crippen molar-refractivity contribution in [3.63, 3.8) is 0 Å². The molecule has 0 aromatic heterocycles. The summed E-state index contributed by atoms with van der Waals surface area (Å²) in [6, 6.07) is 2.85. The first-order chi connectivity index (χ1) is 8.94. The number of rotatable bonds is 3. The number of nitrogens with zero attached hydrogens (tertiary/aromatic N) is 1. The predicted octanol–water partition coefficient (Wildman–Crippen LogP) is 1.60. The summed E-state index contributed by atoms with van der Waals surface area (Å²) >= 11 is 0. The van der Waals surface area contributed by atoms with E-state index >= 15 is 0 Å². The Hall–Kier alpha value is -1.53. The van der Waals surface area contributed by atoms with E-state index in [1.807, 2.05) is 0 Å². The van der Waals surface area contributed by atoms with Crippen molar-refractivity contribution in [1.29, 1.82) is 0 Å². The van der Waals surface area contributed by atoms with Crippen LogP contribution in [-0.2, 0) is 15.1 Å². The lowest BCUT2D eigenvalue weighted by Gasteiger charge is -2.40. The second kappa shape index (κ2) is 5.22. The molecule has 1 aliphatic rings. The highest BCUT2D eigenvalue weighted by molar-refractivity contribution is 5.80. The van der Waals surface area contributed by atoms with Gasteiger partial charge in [-0.15, -0.1) is 0 Å². The number of aliphatic carboxylic acids is 1. The molecule has 0 aliphatic carbocycles. The molecule has 4 nitrogen and oxygen atoms in total. The fraction of sp³-hybridized carbons (Fsp3) is 0.462. The van der Waals surface area contributed by atoms with Gasteiger partial charge in [0.25, 0.3) is 0 Å². The summed E-state index contributed by atoms with van der Waals surface area (Å²) < 4.78 is 31.8. The summed E-state index contributed by atoms with van der Waals surface area (Å²) in [7, 11) is 0. The van der Waals surface area contributed by atoms with E-state index in [-0.39, 0.29) is 5.56 Å². The van der Waals surface area contributed by atoms with Crippen molar-refractivity contribution in [3.05, 3.63) is 35.4 Å². The van der Waals surface area contributed by atoms with Crippen molar-refractivity contribution in [2.24, 2.45) is 0 Å². The minimum Gasteiger partial charge on any atom is -0.480 e. The average Bonchev–Trinajstić information content (AvgIpc) is 2.37. The molecule has 1 heterocycles. The zero-order valence-corrected chi connectivity index (χ0v) is 10.5. The Labute approximate surface area is 109 Å². The molecular weight excluding hydrogens is 256 g/mol. The minimum atomic E-state index is -1.47. The Morgan fingerprint density at radius 3 is 2.26 bits per heavy atom. The molecule has 0 bridgehead atoms. The van der Waals surface area contributed by atoms with Gasteiger partial charge >= 0.3 is 5.97 Å². The number of carboxylic acids is 1. The van der Waals surface area contributed by atoms with Crippen molar-refractivity contribution in [2.75, 3.05) is 26.3 Å². The van der Waals surface area contributed by atoms with Crippen molar-refractivity contribution < 1.29 is 23.4 Å². The van der Waals surface area contributed by atoms with Crippen LogP contribution in [-0.4, -0.2) is 42.3 Å². The van der Waals surface area contributed by atoms with E-state index in [0.717, 1.165) is 18.2 Å². The summed E-state index contributed by atoms with van der Waals surface area (Å²) in [6.07, 6.45) is 0. The molecule has 1 aliphatic heterocycles. The van der Waals surface area contributed by atoms with Crippen LogP contribution < -0.4 is 0 Å². The van der Waals surface area contributed by atoms with E-state index in [0.29, 0.717) is 26.3 Å². The van der Waals surface area contributed by atoms with E-state index in [9.17, 15) is 18.7 Å². The van der Waals surface area contributed by atoms with Crippen molar-refractivity contribution >= 4 is 5.97 Å². The van der Waals surface area contributed by atoms with E-state index in [2.05, 4.69) is 0 Å². The number of carboxylic acid groups (broad SMARTS) is 1. The lowest BCUT2D eigenvalue weighted by atomic mass is 9.89. The maximum atomic E-state index is 13.3. The van der Waals surface area contributed by atoms with Crippen LogP contribution in [0.1, 0.15) is 12.5 Å². The standard InChI is InChI=1S/C13H15F2NO3/c1-13(12(17)18,16-2-4-19-5-3-16)9-6-10(14)8-11(15)7-9/h6-8H,2-5H2,1H3,(H,17,18). The van der Waals surface area contributed by atoms with Crippen molar-refractivity contribution in [2.45, 2.75) is 12.5 Å². The van der Waals surface area contributed by atoms with Gasteiger partial charge in [-0.05, 0) is 24.6 Å². The lowest BCUT2D eigenvalue weighted by Crippen LogP contribution is -2.54. The molecule has 0 amide bonds.